The lowest BCUT2D eigenvalue weighted by Crippen LogP contribution is -2.37. The van der Waals surface area contributed by atoms with Gasteiger partial charge in [0.15, 0.2) is 0 Å². The summed E-state index contributed by atoms with van der Waals surface area (Å²) in [4.78, 5) is 29.5. The molecule has 5 nitrogen and oxygen atoms in total. The molecule has 140 valence electrons. The average Bonchev–Trinajstić information content (AvgIpc) is 3.10. The smallest absolute Gasteiger partial charge is 0.304 e. The van der Waals surface area contributed by atoms with E-state index in [1.807, 2.05) is 67.7 Å². The molecule has 1 aromatic heterocycles. The van der Waals surface area contributed by atoms with Gasteiger partial charge in [0, 0.05) is 29.6 Å². The first-order valence-electron chi connectivity index (χ1n) is 9.23. The van der Waals surface area contributed by atoms with Crippen LogP contribution in [0.5, 0.6) is 0 Å². The van der Waals surface area contributed by atoms with E-state index in [-0.39, 0.29) is 12.3 Å². The molecule has 0 aliphatic carbocycles. The number of nitrogens with zero attached hydrogens (tertiary/aromatic N) is 1. The molecule has 1 heterocycles. The van der Waals surface area contributed by atoms with Crippen LogP contribution in [0.15, 0.2) is 60.8 Å². The molecule has 0 aliphatic rings. The average molecular weight is 364 g/mol. The topological polar surface area (TPSA) is 73.4 Å². The number of carbonyl (C=O) groups is 2. The Morgan fingerprint density at radius 3 is 2.48 bits per heavy atom. The number of aromatic amines is 1. The Bertz CT molecular complexity index is 917. The van der Waals surface area contributed by atoms with E-state index in [0.29, 0.717) is 19.4 Å². The monoisotopic (exact) mass is 364 g/mol. The number of amides is 1. The van der Waals surface area contributed by atoms with Gasteiger partial charge in [-0.25, -0.2) is 0 Å². The Kier molecular flexibility index (Phi) is 5.91. The first-order chi connectivity index (χ1) is 13.1. The van der Waals surface area contributed by atoms with Gasteiger partial charge in [-0.1, -0.05) is 48.5 Å². The molecule has 3 aromatic rings. The molecule has 2 aromatic carbocycles. The Morgan fingerprint density at radius 1 is 1.07 bits per heavy atom. The molecule has 1 amide bonds. The summed E-state index contributed by atoms with van der Waals surface area (Å²) in [5.41, 5.74) is 2.86. The number of aryl methyl sites for hydroxylation is 1. The number of rotatable bonds is 8. The van der Waals surface area contributed by atoms with Gasteiger partial charge in [-0.15, -0.1) is 0 Å². The second-order valence-electron chi connectivity index (χ2n) is 6.62. The third-order valence-corrected chi connectivity index (χ3v) is 4.84. The third kappa shape index (κ3) is 4.37. The molecule has 0 bridgehead atoms. The second-order valence-corrected chi connectivity index (χ2v) is 6.62. The lowest BCUT2D eigenvalue weighted by atomic mass is 9.94. The zero-order chi connectivity index (χ0) is 19.2. The van der Waals surface area contributed by atoms with Crippen LogP contribution in [-0.4, -0.2) is 28.5 Å². The summed E-state index contributed by atoms with van der Waals surface area (Å²) in [6, 6.07) is 17.6. The summed E-state index contributed by atoms with van der Waals surface area (Å²) in [5, 5.41) is 10.3. The maximum atomic E-state index is 13.2. The van der Waals surface area contributed by atoms with E-state index in [0.717, 1.165) is 22.2 Å². The summed E-state index contributed by atoms with van der Waals surface area (Å²) in [6.07, 6.45) is 2.84. The minimum absolute atomic E-state index is 0.138. The quantitative estimate of drug-likeness (QED) is 0.628. The zero-order valence-corrected chi connectivity index (χ0v) is 15.4. The number of benzene rings is 2. The maximum absolute atomic E-state index is 13.2. The summed E-state index contributed by atoms with van der Waals surface area (Å²) in [6.45, 7) is 2.40. The summed E-state index contributed by atoms with van der Waals surface area (Å²) in [7, 11) is 0. The van der Waals surface area contributed by atoms with Crippen molar-refractivity contribution in [3.63, 3.8) is 0 Å². The van der Waals surface area contributed by atoms with Crippen molar-refractivity contribution in [2.75, 3.05) is 11.4 Å². The molecule has 0 saturated carbocycles. The van der Waals surface area contributed by atoms with E-state index < -0.39 is 11.9 Å². The van der Waals surface area contributed by atoms with Crippen molar-refractivity contribution >= 4 is 28.5 Å². The Hall–Kier alpha value is -3.08. The molecule has 27 heavy (non-hydrogen) atoms. The van der Waals surface area contributed by atoms with E-state index >= 15 is 0 Å². The van der Waals surface area contributed by atoms with Crippen molar-refractivity contribution in [2.24, 2.45) is 5.92 Å². The molecule has 0 fully saturated rings. The molecule has 2 N–H and O–H groups in total. The summed E-state index contributed by atoms with van der Waals surface area (Å²) >= 11 is 0. The van der Waals surface area contributed by atoms with Gasteiger partial charge in [-0.05, 0) is 31.4 Å². The minimum Gasteiger partial charge on any atom is -0.481 e. The van der Waals surface area contributed by atoms with Gasteiger partial charge in [-0.3, -0.25) is 9.59 Å². The van der Waals surface area contributed by atoms with Crippen LogP contribution in [0.1, 0.15) is 25.3 Å². The molecule has 0 spiro atoms. The number of carbonyl (C=O) groups excluding carboxylic acids is 1. The van der Waals surface area contributed by atoms with E-state index in [2.05, 4.69) is 4.98 Å². The highest BCUT2D eigenvalue weighted by Gasteiger charge is 2.27. The molecule has 0 radical (unpaired) electrons. The van der Waals surface area contributed by atoms with Gasteiger partial charge in [0.1, 0.15) is 0 Å². The SMILES string of the molecule is CCN(C(=O)C(CCc1ccccc1)CC(=O)O)c1c[nH]c2ccccc12. The predicted molar refractivity (Wildman–Crippen MR) is 107 cm³/mol. The third-order valence-electron chi connectivity index (χ3n) is 4.84. The zero-order valence-electron chi connectivity index (χ0n) is 15.4. The van der Waals surface area contributed by atoms with Crippen LogP contribution in [-0.2, 0) is 16.0 Å². The largest absolute Gasteiger partial charge is 0.481 e. The number of hydrogen-bond acceptors (Lipinski definition) is 2. The number of carboxylic acid groups (broad SMARTS) is 1. The highest BCUT2D eigenvalue weighted by atomic mass is 16.4. The molecule has 1 unspecified atom stereocenters. The van der Waals surface area contributed by atoms with E-state index in [1.54, 1.807) is 4.90 Å². The van der Waals surface area contributed by atoms with Crippen molar-refractivity contribution in [3.05, 3.63) is 66.4 Å². The van der Waals surface area contributed by atoms with Crippen LogP contribution in [0.25, 0.3) is 10.9 Å². The van der Waals surface area contributed by atoms with Crippen LogP contribution in [0.3, 0.4) is 0 Å². The summed E-state index contributed by atoms with van der Waals surface area (Å²) < 4.78 is 0. The van der Waals surface area contributed by atoms with E-state index in [9.17, 15) is 14.7 Å². The highest BCUT2D eigenvalue weighted by Crippen LogP contribution is 2.29. The standard InChI is InChI=1S/C22H24N2O3/c1-2-24(20-15-23-19-11-7-6-10-18(19)20)22(27)17(14-21(25)26)13-12-16-8-4-3-5-9-16/h3-11,15,17,23H,2,12-14H2,1H3,(H,25,26). The molecule has 0 aliphatic heterocycles. The number of anilines is 1. The number of H-pyrrole nitrogens is 1. The lowest BCUT2D eigenvalue weighted by molar-refractivity contribution is -0.140. The number of para-hydroxylation sites is 1. The first-order valence-corrected chi connectivity index (χ1v) is 9.23. The molecular weight excluding hydrogens is 340 g/mol. The molecule has 0 saturated heterocycles. The predicted octanol–water partition coefficient (Wildman–Crippen LogP) is 4.24. The van der Waals surface area contributed by atoms with E-state index in [4.69, 9.17) is 0 Å². The van der Waals surface area contributed by atoms with Crippen molar-refractivity contribution in [2.45, 2.75) is 26.2 Å². The summed E-state index contributed by atoms with van der Waals surface area (Å²) in [5.74, 6) is -1.65. The van der Waals surface area contributed by atoms with Crippen LogP contribution in [0.4, 0.5) is 5.69 Å². The molecular formula is C22H24N2O3. The van der Waals surface area contributed by atoms with Crippen LogP contribution in [0, 0.1) is 5.92 Å². The van der Waals surface area contributed by atoms with Crippen molar-refractivity contribution < 1.29 is 14.7 Å². The van der Waals surface area contributed by atoms with Crippen LogP contribution >= 0.6 is 0 Å². The fourth-order valence-corrected chi connectivity index (χ4v) is 3.45. The number of nitrogens with one attached hydrogen (secondary N) is 1. The number of fused-ring (bicyclic) bond motifs is 1. The van der Waals surface area contributed by atoms with Crippen molar-refractivity contribution in [1.82, 2.24) is 4.98 Å². The Morgan fingerprint density at radius 2 is 1.78 bits per heavy atom. The number of aromatic nitrogens is 1. The van der Waals surface area contributed by atoms with Crippen molar-refractivity contribution in [1.29, 1.82) is 0 Å². The molecule has 1 atom stereocenters. The second kappa shape index (κ2) is 8.54. The number of aliphatic carboxylic acids is 1. The maximum Gasteiger partial charge on any atom is 0.304 e. The van der Waals surface area contributed by atoms with Crippen molar-refractivity contribution in [3.8, 4) is 0 Å². The van der Waals surface area contributed by atoms with Gasteiger partial charge >= 0.3 is 5.97 Å². The first kappa shape index (κ1) is 18.7. The Balaban J connectivity index is 1.83. The number of carboxylic acids is 1. The van der Waals surface area contributed by atoms with Gasteiger partial charge in [-0.2, -0.15) is 0 Å². The van der Waals surface area contributed by atoms with Gasteiger partial charge < -0.3 is 15.0 Å². The van der Waals surface area contributed by atoms with Gasteiger partial charge in [0.2, 0.25) is 5.91 Å². The van der Waals surface area contributed by atoms with Crippen LogP contribution < -0.4 is 4.90 Å². The molecule has 3 rings (SSSR count). The van der Waals surface area contributed by atoms with Crippen LogP contribution in [0.2, 0.25) is 0 Å². The molecule has 5 heteroatoms. The van der Waals surface area contributed by atoms with Gasteiger partial charge in [0.25, 0.3) is 0 Å². The highest BCUT2D eigenvalue weighted by molar-refractivity contribution is 6.04. The van der Waals surface area contributed by atoms with E-state index in [1.165, 1.54) is 0 Å². The fourth-order valence-electron chi connectivity index (χ4n) is 3.45. The normalized spacial score (nSPS) is 12.0. The fraction of sp³-hybridized carbons (Fsp3) is 0.273. The Labute approximate surface area is 158 Å². The lowest BCUT2D eigenvalue weighted by Gasteiger charge is -2.25. The number of hydrogen-bond donors (Lipinski definition) is 2. The van der Waals surface area contributed by atoms with Gasteiger partial charge in [0.05, 0.1) is 12.1 Å². The minimum atomic E-state index is -0.948.